The molecule has 0 amide bonds. The fraction of sp³-hybridized carbons (Fsp3) is 0.357. The van der Waals surface area contributed by atoms with Gasteiger partial charge in [0.25, 0.3) is 0 Å². The first-order valence-electron chi connectivity index (χ1n) is 24.1. The summed E-state index contributed by atoms with van der Waals surface area (Å²) in [5.41, 5.74) is 5.68. The van der Waals surface area contributed by atoms with Crippen molar-refractivity contribution in [3.05, 3.63) is 141 Å². The maximum atomic E-state index is 15.2. The summed E-state index contributed by atoms with van der Waals surface area (Å²) in [7, 11) is 5.05. The SMILES string of the molecule is COc1cc2c(cc1OC(=O)/C=C/c1ccccc1)CCN[C@]21CS[C@@H]2c3c(O)c(C)c4c(c3[C@H](COC1=O)N1C2[C@@H]2c3c(cc(C)c(OC)c3OC(=O)C(C)c3ccccc3)C[C@@H]([C@@H]1C#N)N2C)OCO4. The number of thioether (sulfide) groups is 1. The number of aromatic hydroxyl groups is 1. The van der Waals surface area contributed by atoms with Crippen LogP contribution in [0.2, 0.25) is 0 Å². The van der Waals surface area contributed by atoms with Gasteiger partial charge in [0.15, 0.2) is 40.0 Å². The minimum absolute atomic E-state index is 0.0166. The van der Waals surface area contributed by atoms with Crippen LogP contribution in [0.4, 0.5) is 0 Å². The molecular formula is C56H54N4O11S. The van der Waals surface area contributed by atoms with Crippen molar-refractivity contribution in [3.8, 4) is 46.3 Å². The molecule has 5 aromatic carbocycles. The van der Waals surface area contributed by atoms with Crippen LogP contribution in [0.5, 0.6) is 40.2 Å². The highest BCUT2D eigenvalue weighted by Gasteiger charge is 2.62. The fourth-order valence-corrected chi connectivity index (χ4v) is 13.7. The average molecular weight is 991 g/mol. The van der Waals surface area contributed by atoms with Gasteiger partial charge in [-0.1, -0.05) is 66.7 Å². The highest BCUT2D eigenvalue weighted by molar-refractivity contribution is 7.99. The Labute approximate surface area is 421 Å². The molecule has 7 aliphatic rings. The van der Waals surface area contributed by atoms with Crippen molar-refractivity contribution in [1.82, 2.24) is 15.1 Å². The van der Waals surface area contributed by atoms with Gasteiger partial charge in [0.2, 0.25) is 6.79 Å². The number of ether oxygens (including phenoxy) is 7. The van der Waals surface area contributed by atoms with Crippen LogP contribution in [-0.2, 0) is 37.5 Å². The highest BCUT2D eigenvalue weighted by atomic mass is 32.2. The molecule has 7 aliphatic heterocycles. The van der Waals surface area contributed by atoms with Crippen LogP contribution in [0.3, 0.4) is 0 Å². The fourth-order valence-electron chi connectivity index (χ4n) is 12.0. The van der Waals surface area contributed by atoms with Gasteiger partial charge in [-0.25, -0.2) is 9.59 Å². The van der Waals surface area contributed by atoms with Crippen molar-refractivity contribution in [2.75, 3.05) is 47.0 Å². The first kappa shape index (κ1) is 47.3. The van der Waals surface area contributed by atoms with E-state index in [4.69, 9.17) is 33.2 Å². The molecular weight excluding hydrogens is 937 g/mol. The number of rotatable bonds is 8. The molecule has 0 aliphatic carbocycles. The second-order valence-corrected chi connectivity index (χ2v) is 20.3. The van der Waals surface area contributed by atoms with Crippen LogP contribution < -0.4 is 33.7 Å². The first-order chi connectivity index (χ1) is 34.9. The second kappa shape index (κ2) is 18.5. The van der Waals surface area contributed by atoms with Gasteiger partial charge in [-0.15, -0.1) is 11.8 Å². The van der Waals surface area contributed by atoms with Crippen LogP contribution in [0.1, 0.15) is 85.8 Å². The summed E-state index contributed by atoms with van der Waals surface area (Å²) in [5.74, 6) is -0.0884. The summed E-state index contributed by atoms with van der Waals surface area (Å²) in [4.78, 5) is 47.2. The van der Waals surface area contributed by atoms with Crippen molar-refractivity contribution in [1.29, 1.82) is 5.26 Å². The van der Waals surface area contributed by atoms with E-state index in [1.165, 1.54) is 24.9 Å². The number of piperazine rings is 1. The van der Waals surface area contributed by atoms with Crippen molar-refractivity contribution >= 4 is 35.7 Å². The summed E-state index contributed by atoms with van der Waals surface area (Å²) in [5, 5.41) is 27.0. The van der Waals surface area contributed by atoms with Gasteiger partial charge < -0.3 is 38.3 Å². The van der Waals surface area contributed by atoms with E-state index in [-0.39, 0.29) is 42.4 Å². The zero-order valence-electron chi connectivity index (χ0n) is 40.7. The number of hydrogen-bond donors (Lipinski definition) is 2. The van der Waals surface area contributed by atoms with Crippen molar-refractivity contribution in [2.24, 2.45) is 0 Å². The van der Waals surface area contributed by atoms with Gasteiger partial charge in [0, 0.05) is 52.7 Å². The number of carbonyl (C=O) groups is 3. The van der Waals surface area contributed by atoms with Gasteiger partial charge in [0.05, 0.1) is 43.5 Å². The Hall–Kier alpha value is -7.03. The third-order valence-corrected chi connectivity index (χ3v) is 16.9. The minimum atomic E-state index is -1.46. The number of nitrogens with zero attached hydrogens (tertiary/aromatic N) is 3. The zero-order chi connectivity index (χ0) is 50.2. The van der Waals surface area contributed by atoms with Crippen LogP contribution >= 0.6 is 11.8 Å². The number of hydrogen-bond acceptors (Lipinski definition) is 16. The first-order valence-corrected chi connectivity index (χ1v) is 25.1. The monoisotopic (exact) mass is 990 g/mol. The summed E-state index contributed by atoms with van der Waals surface area (Å²) in [6.07, 6.45) is 3.96. The van der Waals surface area contributed by atoms with Gasteiger partial charge >= 0.3 is 17.9 Å². The summed E-state index contributed by atoms with van der Waals surface area (Å²) in [6, 6.07) is 24.0. The molecule has 2 N–H and O–H groups in total. The van der Waals surface area contributed by atoms with Crippen molar-refractivity contribution in [3.63, 3.8) is 0 Å². The Balaban J connectivity index is 1.06. The van der Waals surface area contributed by atoms with Gasteiger partial charge in [-0.3, -0.25) is 19.9 Å². The van der Waals surface area contributed by atoms with E-state index in [0.717, 1.165) is 33.4 Å². The third-order valence-electron chi connectivity index (χ3n) is 15.5. The number of nitriles is 1. The van der Waals surface area contributed by atoms with Crippen LogP contribution in [0.25, 0.3) is 6.08 Å². The van der Waals surface area contributed by atoms with Crippen LogP contribution in [0, 0.1) is 25.2 Å². The van der Waals surface area contributed by atoms with Gasteiger partial charge in [-0.05, 0) is 92.2 Å². The number of fused-ring (bicyclic) bond motifs is 9. The number of nitrogens with one attached hydrogen (secondary N) is 1. The Bertz CT molecular complexity index is 3110. The predicted octanol–water partition coefficient (Wildman–Crippen LogP) is 7.68. The smallest absolute Gasteiger partial charge is 0.336 e. The number of benzene rings is 5. The molecule has 2 saturated heterocycles. The standard InChI is InChI=1S/C56H54N4O11S/c1-29-21-35-22-37-38(25-57)60-39-26-67-55(64)56(36-24-40(65-5)41(23-34(36)19-20-58-56)70-42(61)18-17-32-13-9-7-10-14-32)27-72-53(45-44(39)51-50(68-28-69-51)31(3)48(45)62)47(60)46(59(37)4)43(35)52(49(29)66-6)71-54(63)30(2)33-15-11-8-12-16-33/h7-18,21,23-24,30,37-39,46-47,53,58,62H,19-20,22,26-28H2,1-6H3/b18-17+/t30?,37-,38-,39-,46-,47?,53+,56+/m0/s1. The van der Waals surface area contributed by atoms with E-state index in [9.17, 15) is 20.0 Å². The van der Waals surface area contributed by atoms with E-state index < -0.39 is 58.8 Å². The van der Waals surface area contributed by atoms with E-state index in [1.807, 2.05) is 81.6 Å². The molecule has 1 spiro atoms. The maximum Gasteiger partial charge on any atom is 0.336 e. The van der Waals surface area contributed by atoms with E-state index in [1.54, 1.807) is 32.2 Å². The predicted molar refractivity (Wildman–Crippen MR) is 267 cm³/mol. The molecule has 0 saturated carbocycles. The molecule has 15 nitrogen and oxygen atoms in total. The normalized spacial score (nSPS) is 25.3. The van der Waals surface area contributed by atoms with E-state index in [2.05, 4.69) is 27.3 Å². The largest absolute Gasteiger partial charge is 0.507 e. The second-order valence-electron chi connectivity index (χ2n) is 19.2. The van der Waals surface area contributed by atoms with Gasteiger partial charge in [0.1, 0.15) is 18.4 Å². The van der Waals surface area contributed by atoms with E-state index in [0.29, 0.717) is 64.6 Å². The van der Waals surface area contributed by atoms with Crippen LogP contribution in [-0.4, -0.2) is 97.9 Å². The number of carbonyl (C=O) groups excluding carboxylic acids is 3. The topological polar surface area (TPSA) is 178 Å². The molecule has 4 bridgehead atoms. The third kappa shape index (κ3) is 7.47. The Morgan fingerprint density at radius 3 is 2.42 bits per heavy atom. The molecule has 12 rings (SSSR count). The molecule has 7 heterocycles. The number of aryl methyl sites for hydroxylation is 1. The molecule has 2 fully saturated rings. The number of likely N-dealkylation sites (N-methyl/N-ethyl adjacent to an activating group) is 1. The zero-order valence-corrected chi connectivity index (χ0v) is 41.5. The molecule has 0 aromatic heterocycles. The molecule has 370 valence electrons. The number of phenolic OH excluding ortho intramolecular Hbond substituents is 1. The molecule has 8 atom stereocenters. The van der Waals surface area contributed by atoms with E-state index >= 15 is 4.79 Å². The summed E-state index contributed by atoms with van der Waals surface area (Å²) < 4.78 is 43.4. The van der Waals surface area contributed by atoms with Crippen molar-refractivity contribution < 1.29 is 52.6 Å². The Morgan fingerprint density at radius 1 is 0.931 bits per heavy atom. The van der Waals surface area contributed by atoms with Gasteiger partial charge in [-0.2, -0.15) is 5.26 Å². The number of phenols is 1. The number of esters is 3. The summed E-state index contributed by atoms with van der Waals surface area (Å²) >= 11 is 1.46. The summed E-state index contributed by atoms with van der Waals surface area (Å²) in [6.45, 7) is 5.62. The number of methoxy groups -OCH3 is 2. The van der Waals surface area contributed by atoms with Crippen molar-refractivity contribution in [2.45, 2.75) is 80.5 Å². The lowest BCUT2D eigenvalue weighted by Crippen LogP contribution is -2.69. The lowest BCUT2D eigenvalue weighted by Gasteiger charge is -2.62. The molecule has 2 unspecified atom stereocenters. The average Bonchev–Trinajstić information content (AvgIpc) is 3.89. The maximum absolute atomic E-state index is 15.2. The molecule has 72 heavy (non-hydrogen) atoms. The molecule has 5 aromatic rings. The molecule has 0 radical (unpaired) electrons. The lowest BCUT2D eigenvalue weighted by atomic mass is 9.71. The quantitative estimate of drug-likeness (QED) is 0.0878. The molecule has 16 heteroatoms. The minimum Gasteiger partial charge on any atom is -0.507 e. The van der Waals surface area contributed by atoms with Crippen LogP contribution in [0.15, 0.2) is 84.9 Å². The lowest BCUT2D eigenvalue weighted by molar-refractivity contribution is -0.157. The Kier molecular flexibility index (Phi) is 12.2. The highest BCUT2D eigenvalue weighted by Crippen LogP contribution is 2.64. The Morgan fingerprint density at radius 2 is 1.68 bits per heavy atom.